The summed E-state index contributed by atoms with van der Waals surface area (Å²) >= 11 is 1.55. The number of thiazole rings is 1. The number of aryl methyl sites for hydroxylation is 1. The van der Waals surface area contributed by atoms with Crippen LogP contribution in [-0.2, 0) is 18.3 Å². The lowest BCUT2D eigenvalue weighted by Gasteiger charge is -2.53. The molecule has 0 aromatic carbocycles. The standard InChI is InChI=1S/C25H34N4O3S/c1-13(22(31)26-15-7-8-15)16-9-10-25(3)12-18-20(14(2)19(25)21(16)30)27-24(33-18)28-23(32)17-6-5-11-29(17)4/h5-6,11,13-16,19,21,30H,7-10,12H2,1-4H3,(H,26,31)(H,27,28,32)/t13-,14-,16-,19+,21-,25+/m0/s1. The third kappa shape index (κ3) is 4.01. The minimum absolute atomic E-state index is 0.0402. The van der Waals surface area contributed by atoms with Crippen LogP contribution in [0.15, 0.2) is 18.3 Å². The van der Waals surface area contributed by atoms with Crippen molar-refractivity contribution in [2.24, 2.45) is 30.2 Å². The maximum atomic E-state index is 12.7. The molecule has 33 heavy (non-hydrogen) atoms. The van der Waals surface area contributed by atoms with Crippen molar-refractivity contribution in [3.8, 4) is 0 Å². The lowest BCUT2D eigenvalue weighted by Crippen LogP contribution is -2.53. The Morgan fingerprint density at radius 3 is 2.76 bits per heavy atom. The van der Waals surface area contributed by atoms with Crippen LogP contribution < -0.4 is 10.6 Å². The van der Waals surface area contributed by atoms with Crippen LogP contribution in [0.1, 0.15) is 73.4 Å². The molecule has 3 N–H and O–H groups in total. The minimum atomic E-state index is -0.546. The number of hydrogen-bond acceptors (Lipinski definition) is 5. The van der Waals surface area contributed by atoms with Crippen LogP contribution in [0.3, 0.4) is 0 Å². The van der Waals surface area contributed by atoms with Gasteiger partial charge in [-0.2, -0.15) is 0 Å². The molecular weight excluding hydrogens is 436 g/mol. The first-order chi connectivity index (χ1) is 15.7. The molecule has 2 amide bonds. The molecule has 2 aromatic heterocycles. The number of aliphatic hydroxyl groups is 1. The van der Waals surface area contributed by atoms with Gasteiger partial charge >= 0.3 is 0 Å². The van der Waals surface area contributed by atoms with Gasteiger partial charge in [0.05, 0.1) is 11.8 Å². The SMILES string of the molecule is C[C@H](C(=O)NC1CC1)[C@@H]1CC[C@]2(C)Cc3sc(NC(=O)c4cccn4C)nc3[C@@H](C)[C@@H]2[C@H]1O. The lowest BCUT2D eigenvalue weighted by atomic mass is 9.53. The second kappa shape index (κ2) is 8.24. The van der Waals surface area contributed by atoms with Gasteiger partial charge in [-0.05, 0) is 61.5 Å². The van der Waals surface area contributed by atoms with E-state index in [-0.39, 0.29) is 40.9 Å². The van der Waals surface area contributed by atoms with Gasteiger partial charge in [-0.15, -0.1) is 11.3 Å². The average Bonchev–Trinajstić information content (AvgIpc) is 3.31. The molecule has 7 nitrogen and oxygen atoms in total. The fraction of sp³-hybridized carbons (Fsp3) is 0.640. The highest BCUT2D eigenvalue weighted by atomic mass is 32.1. The van der Waals surface area contributed by atoms with Crippen molar-refractivity contribution in [1.82, 2.24) is 14.9 Å². The number of carbonyl (C=O) groups excluding carboxylic acids is 2. The van der Waals surface area contributed by atoms with E-state index in [1.165, 1.54) is 4.88 Å². The second-order valence-electron chi connectivity index (χ2n) is 10.7. The fourth-order valence-electron chi connectivity index (χ4n) is 6.21. The molecule has 3 aliphatic rings. The van der Waals surface area contributed by atoms with E-state index in [9.17, 15) is 14.7 Å². The number of rotatable bonds is 5. The van der Waals surface area contributed by atoms with E-state index in [0.717, 1.165) is 37.8 Å². The van der Waals surface area contributed by atoms with Gasteiger partial charge < -0.3 is 15.0 Å². The first-order valence-corrected chi connectivity index (χ1v) is 12.9. The number of amides is 2. The summed E-state index contributed by atoms with van der Waals surface area (Å²) in [6.45, 7) is 6.38. The van der Waals surface area contributed by atoms with Crippen LogP contribution >= 0.6 is 11.3 Å². The molecule has 0 unspecified atom stereocenters. The van der Waals surface area contributed by atoms with Crippen LogP contribution in [0.2, 0.25) is 0 Å². The number of aliphatic hydroxyl groups excluding tert-OH is 1. The molecule has 2 fully saturated rings. The predicted molar refractivity (Wildman–Crippen MR) is 128 cm³/mol. The molecule has 3 aliphatic carbocycles. The van der Waals surface area contributed by atoms with Gasteiger partial charge in [-0.25, -0.2) is 4.98 Å². The van der Waals surface area contributed by atoms with E-state index < -0.39 is 6.10 Å². The van der Waals surface area contributed by atoms with E-state index >= 15 is 0 Å². The summed E-state index contributed by atoms with van der Waals surface area (Å²) in [6.07, 6.45) is 6.12. The number of carbonyl (C=O) groups is 2. The summed E-state index contributed by atoms with van der Waals surface area (Å²) in [7, 11) is 1.85. The Balaban J connectivity index is 1.35. The van der Waals surface area contributed by atoms with E-state index in [4.69, 9.17) is 4.98 Å². The van der Waals surface area contributed by atoms with Crippen LogP contribution in [-0.4, -0.2) is 38.6 Å². The predicted octanol–water partition coefficient (Wildman–Crippen LogP) is 3.70. The summed E-state index contributed by atoms with van der Waals surface area (Å²) in [5.41, 5.74) is 1.54. The van der Waals surface area contributed by atoms with Crippen LogP contribution in [0.5, 0.6) is 0 Å². The highest BCUT2D eigenvalue weighted by Gasteiger charge is 2.54. The summed E-state index contributed by atoms with van der Waals surface area (Å²) < 4.78 is 1.79. The highest BCUT2D eigenvalue weighted by Crippen LogP contribution is 2.57. The first kappa shape index (κ1) is 22.6. The van der Waals surface area contributed by atoms with Gasteiger partial charge in [0.25, 0.3) is 5.91 Å². The van der Waals surface area contributed by atoms with Crippen molar-refractivity contribution in [2.45, 2.75) is 70.9 Å². The van der Waals surface area contributed by atoms with Crippen LogP contribution in [0.4, 0.5) is 5.13 Å². The Bertz CT molecular complexity index is 1070. The normalized spacial score (nSPS) is 31.9. The lowest BCUT2D eigenvalue weighted by molar-refractivity contribution is -0.134. The number of nitrogens with zero attached hydrogens (tertiary/aromatic N) is 2. The van der Waals surface area contributed by atoms with Crippen LogP contribution in [0.25, 0.3) is 0 Å². The van der Waals surface area contributed by atoms with Gasteiger partial charge in [-0.1, -0.05) is 20.8 Å². The quantitative estimate of drug-likeness (QED) is 0.621. The zero-order chi connectivity index (χ0) is 23.5. The molecule has 2 heterocycles. The molecule has 8 heteroatoms. The summed E-state index contributed by atoms with van der Waals surface area (Å²) in [4.78, 5) is 31.4. The van der Waals surface area contributed by atoms with E-state index in [0.29, 0.717) is 16.9 Å². The maximum Gasteiger partial charge on any atom is 0.274 e. The summed E-state index contributed by atoms with van der Waals surface area (Å²) in [6, 6.07) is 3.97. The Labute approximate surface area is 199 Å². The molecule has 0 spiro atoms. The Morgan fingerprint density at radius 2 is 2.09 bits per heavy atom. The van der Waals surface area contributed by atoms with Crippen LogP contribution in [0, 0.1) is 23.2 Å². The first-order valence-electron chi connectivity index (χ1n) is 12.1. The largest absolute Gasteiger partial charge is 0.392 e. The smallest absolute Gasteiger partial charge is 0.274 e. The summed E-state index contributed by atoms with van der Waals surface area (Å²) in [5.74, 6) is -0.227. The molecule has 0 bridgehead atoms. The number of anilines is 1. The number of fused-ring (bicyclic) bond motifs is 2. The van der Waals surface area contributed by atoms with E-state index in [1.807, 2.05) is 26.2 Å². The van der Waals surface area contributed by atoms with E-state index in [2.05, 4.69) is 24.5 Å². The maximum absolute atomic E-state index is 12.7. The molecule has 0 saturated heterocycles. The highest BCUT2D eigenvalue weighted by molar-refractivity contribution is 7.15. The van der Waals surface area contributed by atoms with Gasteiger partial charge in [0.2, 0.25) is 5.91 Å². The molecule has 0 aliphatic heterocycles. The van der Waals surface area contributed by atoms with Gasteiger partial charge in [0, 0.05) is 36.0 Å². The molecule has 178 valence electrons. The molecule has 5 rings (SSSR count). The minimum Gasteiger partial charge on any atom is -0.392 e. The monoisotopic (exact) mass is 470 g/mol. The Morgan fingerprint density at radius 1 is 1.33 bits per heavy atom. The molecule has 2 saturated carbocycles. The number of nitrogens with one attached hydrogen (secondary N) is 2. The van der Waals surface area contributed by atoms with Crippen molar-refractivity contribution in [3.63, 3.8) is 0 Å². The van der Waals surface area contributed by atoms with Crippen molar-refractivity contribution in [1.29, 1.82) is 0 Å². The molecule has 0 radical (unpaired) electrons. The topological polar surface area (TPSA) is 96.3 Å². The second-order valence-corrected chi connectivity index (χ2v) is 11.8. The van der Waals surface area contributed by atoms with Crippen molar-refractivity contribution >= 4 is 28.3 Å². The summed E-state index contributed by atoms with van der Waals surface area (Å²) in [5, 5.41) is 18.2. The number of hydrogen-bond donors (Lipinski definition) is 3. The average molecular weight is 471 g/mol. The molecule has 2 aromatic rings. The fourth-order valence-corrected chi connectivity index (χ4v) is 7.47. The van der Waals surface area contributed by atoms with Crippen molar-refractivity contribution in [3.05, 3.63) is 34.6 Å². The third-order valence-corrected chi connectivity index (χ3v) is 9.29. The zero-order valence-corrected chi connectivity index (χ0v) is 20.6. The Kier molecular flexibility index (Phi) is 5.64. The molecule has 6 atom stereocenters. The molecular formula is C25H34N4O3S. The van der Waals surface area contributed by atoms with Crippen molar-refractivity contribution < 1.29 is 14.7 Å². The number of aromatic nitrogens is 2. The third-order valence-electron chi connectivity index (χ3n) is 8.30. The van der Waals surface area contributed by atoms with Gasteiger partial charge in [0.15, 0.2) is 5.13 Å². The Hall–Kier alpha value is -2.19. The van der Waals surface area contributed by atoms with Gasteiger partial charge in [-0.3, -0.25) is 14.9 Å². The van der Waals surface area contributed by atoms with Crippen molar-refractivity contribution in [2.75, 3.05) is 5.32 Å². The van der Waals surface area contributed by atoms with Gasteiger partial charge in [0.1, 0.15) is 5.69 Å². The van der Waals surface area contributed by atoms with E-state index in [1.54, 1.807) is 22.0 Å². The zero-order valence-electron chi connectivity index (χ0n) is 19.8.